The number of rotatable bonds is 3. The van der Waals surface area contributed by atoms with Gasteiger partial charge in [-0.1, -0.05) is 0 Å². The average Bonchev–Trinajstić information content (AvgIpc) is 2.80. The number of nitrogens with one attached hydrogen (secondary N) is 1. The van der Waals surface area contributed by atoms with Crippen LogP contribution in [0, 0.1) is 11.8 Å². The number of aromatic hydroxyl groups is 1. The van der Waals surface area contributed by atoms with Gasteiger partial charge in [0.15, 0.2) is 0 Å². The minimum absolute atomic E-state index is 0.0122. The van der Waals surface area contributed by atoms with Crippen molar-refractivity contribution in [3.8, 4) is 5.75 Å². The molecule has 190 valence electrons. The Morgan fingerprint density at radius 3 is 2.50 bits per heavy atom. The molecule has 5 rings (SSSR count). The van der Waals surface area contributed by atoms with Gasteiger partial charge in [-0.25, -0.2) is 0 Å². The number of ketones is 2. The van der Waals surface area contributed by atoms with Gasteiger partial charge in [0, 0.05) is 0 Å². The molecule has 0 heterocycles. The summed E-state index contributed by atoms with van der Waals surface area (Å²) in [5.74, 6) is -6.59. The maximum absolute atomic E-state index is 13.7. The molecule has 11 heteroatoms. The maximum atomic E-state index is 13.7. The fourth-order valence-electron chi connectivity index (χ4n) is 6.07. The van der Waals surface area contributed by atoms with E-state index in [9.17, 15) is 34.8 Å². The van der Waals surface area contributed by atoms with Crippen LogP contribution in [0.5, 0.6) is 5.75 Å². The van der Waals surface area contributed by atoms with E-state index in [0.717, 1.165) is 5.39 Å². The number of phenolic OH excluding ortho intramolecular Hbond substituents is 1. The van der Waals surface area contributed by atoms with Crippen molar-refractivity contribution in [2.24, 2.45) is 17.6 Å². The van der Waals surface area contributed by atoms with Crippen molar-refractivity contribution in [3.63, 3.8) is 0 Å². The molecule has 0 spiro atoms. The predicted octanol–water partition coefficient (Wildman–Crippen LogP) is 1.15. The van der Waals surface area contributed by atoms with E-state index in [1.54, 1.807) is 32.3 Å². The minimum atomic E-state index is -2.65. The van der Waals surface area contributed by atoms with Crippen LogP contribution in [-0.4, -0.2) is 68.5 Å². The number of aliphatic hydroxyl groups excluding tert-OH is 2. The van der Waals surface area contributed by atoms with Crippen molar-refractivity contribution in [1.82, 2.24) is 4.90 Å². The van der Waals surface area contributed by atoms with Crippen molar-refractivity contribution in [2.75, 3.05) is 18.2 Å². The molecule has 2 aromatic carbocycles. The second-order valence-electron chi connectivity index (χ2n) is 9.74. The fraction of sp³-hybridized carbons (Fsp3) is 0.320. The molecule has 0 saturated carbocycles. The van der Waals surface area contributed by atoms with Crippen molar-refractivity contribution < 1.29 is 53.4 Å². The third-order valence-electron chi connectivity index (χ3n) is 7.62. The molecule has 0 radical (unpaired) electrons. The number of likely N-dealkylation sites (N-methyl/N-ethyl adjacent to an activating group) is 1. The third-order valence-corrected chi connectivity index (χ3v) is 8.10. The van der Waals surface area contributed by atoms with E-state index in [4.69, 9.17) is 5.73 Å². The number of anilines is 1. The van der Waals surface area contributed by atoms with E-state index in [1.165, 1.54) is 4.90 Å². The van der Waals surface area contributed by atoms with Crippen molar-refractivity contribution >= 4 is 33.9 Å². The number of aliphatic hydroxyl groups is 3. The van der Waals surface area contributed by atoms with E-state index >= 15 is 0 Å². The van der Waals surface area contributed by atoms with Crippen LogP contribution in [0.25, 0.3) is 10.8 Å². The van der Waals surface area contributed by atoms with Crippen molar-refractivity contribution in [2.45, 2.75) is 24.5 Å². The number of carbonyl (C=O) groups is 3. The van der Waals surface area contributed by atoms with Crippen LogP contribution < -0.4 is 9.79 Å². The normalized spacial score (nSPS) is 27.8. The first-order valence-electron chi connectivity index (χ1n) is 11.2. The number of carbonyl (C=O) groups excluding carboxylic acids is 3. The van der Waals surface area contributed by atoms with Gasteiger partial charge in [0.05, 0.1) is 0 Å². The molecule has 2 aromatic rings. The number of hydrogen-bond acceptors (Lipinski definition) is 9. The molecule has 3 aliphatic carbocycles. The molecule has 36 heavy (non-hydrogen) atoms. The van der Waals surface area contributed by atoms with E-state index < -0.39 is 58.0 Å². The van der Waals surface area contributed by atoms with Crippen LogP contribution in [0.15, 0.2) is 46.9 Å². The third kappa shape index (κ3) is 3.09. The zero-order chi connectivity index (χ0) is 26.3. The number of phenols is 1. The summed E-state index contributed by atoms with van der Waals surface area (Å²) in [5.41, 5.74) is 2.93. The van der Waals surface area contributed by atoms with Crippen molar-refractivity contribution in [1.29, 1.82) is 0 Å². The Balaban J connectivity index is 1.74. The molecule has 3 aliphatic rings. The number of primary amides is 1. The predicted molar refractivity (Wildman–Crippen MR) is 125 cm³/mol. The van der Waals surface area contributed by atoms with E-state index in [0.29, 0.717) is 16.6 Å². The monoisotopic (exact) mass is 581 g/mol. The van der Waals surface area contributed by atoms with Crippen LogP contribution in [0.3, 0.4) is 0 Å². The molecule has 4 atom stereocenters. The first-order chi connectivity index (χ1) is 16.9. The Kier molecular flexibility index (Phi) is 5.51. The molecule has 0 aromatic heterocycles. The molecule has 0 unspecified atom stereocenters. The van der Waals surface area contributed by atoms with Gasteiger partial charge in [0.2, 0.25) is 0 Å². The van der Waals surface area contributed by atoms with Gasteiger partial charge < -0.3 is 10.8 Å². The van der Waals surface area contributed by atoms with Gasteiger partial charge in [0.1, 0.15) is 5.76 Å². The molecule has 7 N–H and O–H groups in total. The second kappa shape index (κ2) is 8.13. The summed E-state index contributed by atoms with van der Waals surface area (Å²) in [6.45, 7) is 0. The molecule has 0 fully saturated rings. The van der Waals surface area contributed by atoms with Crippen LogP contribution in [0.2, 0.25) is 0 Å². The molecule has 0 bridgehead atoms. The standard InChI is InChI=1S/C25H24N3O7.Rh/c1-28(2)18-14-7-11-6-10-5-9-3-4-12(26)8-13(9)19(29)15(10)20(30)16(11)22(32)25(14,35)23(33)17(21(18)31)24(27)34;/h3-5,8,11,14,18,26,35H,6-7H2,1-2H3,(H2,29,30,32)(H3,27,31,33,34);/q-1;+1/t11-,14-,18-,25-;/m0./s1. The zero-order valence-corrected chi connectivity index (χ0v) is 21.0. The number of allylic oxidation sites excluding steroid dienone is 1. The summed E-state index contributed by atoms with van der Waals surface area (Å²) in [7, 11) is 3.18. The Bertz CT molecular complexity index is 1450. The Morgan fingerprint density at radius 2 is 1.89 bits per heavy atom. The fourth-order valence-corrected chi connectivity index (χ4v) is 6.32. The summed E-state index contributed by atoms with van der Waals surface area (Å²) in [6.07, 6.45) is 0.305. The van der Waals surface area contributed by atoms with Crippen molar-refractivity contribution in [3.05, 3.63) is 58.1 Å². The molecular weight excluding hydrogens is 557 g/mol. The summed E-state index contributed by atoms with van der Waals surface area (Å²) < 4.78 is 2.87. The summed E-state index contributed by atoms with van der Waals surface area (Å²) in [5, 5.41) is 45.9. The number of nitrogens with zero attached hydrogens (tertiary/aromatic N) is 1. The molecule has 0 saturated heterocycles. The van der Waals surface area contributed by atoms with Crippen LogP contribution in [0.1, 0.15) is 22.3 Å². The number of benzene rings is 2. The molecule has 1 amide bonds. The summed E-state index contributed by atoms with van der Waals surface area (Å²) >= 11 is 2.55. The van der Waals surface area contributed by atoms with Gasteiger partial charge >= 0.3 is 170 Å². The first-order valence-corrected chi connectivity index (χ1v) is 12.0. The zero-order valence-electron chi connectivity index (χ0n) is 19.3. The van der Waals surface area contributed by atoms with E-state index in [2.05, 4.69) is 22.6 Å². The SMILES string of the molecule is CN(C)[C@@H]1C(O)=C(C(N)=O)C(=O)[C@@]2(O)C(O)=C3C(=O)c4c(cc5ccc([NH][Rh])cc5c4O)C[C@H]3C[C@@H]12. The number of Topliss-reactive ketones (excluding diaryl/α,β-unsaturated/α-hetero) is 2. The Morgan fingerprint density at radius 1 is 1.19 bits per heavy atom. The summed E-state index contributed by atoms with van der Waals surface area (Å²) in [4.78, 5) is 40.6. The second-order valence-corrected chi connectivity index (χ2v) is 10.2. The quantitative estimate of drug-likeness (QED) is 0.230. The number of hydrogen-bond donors (Lipinski definition) is 6. The van der Waals surface area contributed by atoms with E-state index in [1.807, 2.05) is 6.07 Å². The van der Waals surface area contributed by atoms with Gasteiger partial charge in [-0.15, -0.1) is 0 Å². The van der Waals surface area contributed by atoms with Crippen LogP contribution >= 0.6 is 0 Å². The van der Waals surface area contributed by atoms with E-state index in [-0.39, 0.29) is 29.7 Å². The van der Waals surface area contributed by atoms with Crippen LogP contribution in [0.4, 0.5) is 5.69 Å². The number of amides is 1. The molecule has 10 nitrogen and oxygen atoms in total. The van der Waals surface area contributed by atoms with Crippen LogP contribution in [-0.2, 0) is 34.6 Å². The summed E-state index contributed by atoms with van der Waals surface area (Å²) in [6, 6.07) is 6.08. The Labute approximate surface area is 216 Å². The van der Waals surface area contributed by atoms with Gasteiger partial charge in [-0.05, 0) is 14.1 Å². The Hall–Kier alpha value is -3.27. The topological polar surface area (TPSA) is 173 Å². The average molecular weight is 581 g/mol. The first kappa shape index (κ1) is 24.4. The van der Waals surface area contributed by atoms with Gasteiger partial charge in [0.25, 0.3) is 5.91 Å². The number of nitrogens with two attached hydrogens (primary N) is 1. The van der Waals surface area contributed by atoms with Gasteiger partial charge in [-0.2, -0.15) is 0 Å². The molecule has 0 aliphatic heterocycles. The van der Waals surface area contributed by atoms with Gasteiger partial charge in [-0.3, -0.25) is 9.69 Å². The number of fused-ring (bicyclic) bond motifs is 4. The molecular formula is C25H24N3O7Rh.